The average Bonchev–Trinajstić information content (AvgIpc) is 2.51. The largest absolute Gasteiger partial charge is 0.452 e. The van der Waals surface area contributed by atoms with Crippen LogP contribution < -0.4 is 0 Å². The minimum atomic E-state index is -3.13. The second-order valence-electron chi connectivity index (χ2n) is 5.22. The van der Waals surface area contributed by atoms with E-state index >= 15 is 0 Å². The number of rotatable bonds is 9. The summed E-state index contributed by atoms with van der Waals surface area (Å²) in [6.45, 7) is 7.41. The van der Waals surface area contributed by atoms with Crippen molar-refractivity contribution in [2.75, 3.05) is 26.0 Å². The van der Waals surface area contributed by atoms with Crippen LogP contribution in [0.1, 0.15) is 15.9 Å². The fourth-order valence-corrected chi connectivity index (χ4v) is 2.73. The van der Waals surface area contributed by atoms with Gasteiger partial charge in [-0.2, -0.15) is 0 Å². The van der Waals surface area contributed by atoms with Gasteiger partial charge in [-0.25, -0.2) is 13.2 Å². The molecular formula is C17H21NO5S. The van der Waals surface area contributed by atoms with E-state index in [1.54, 1.807) is 24.3 Å². The third-order valence-corrected chi connectivity index (χ3v) is 3.85. The Hall–Kier alpha value is -2.41. The van der Waals surface area contributed by atoms with E-state index in [2.05, 4.69) is 13.2 Å². The number of hydrogen-bond donors (Lipinski definition) is 0. The first-order chi connectivity index (χ1) is 11.3. The Morgan fingerprint density at radius 2 is 1.67 bits per heavy atom. The zero-order chi connectivity index (χ0) is 18.2. The molecule has 0 N–H and O–H groups in total. The van der Waals surface area contributed by atoms with Crippen LogP contribution in [0.3, 0.4) is 0 Å². The molecule has 1 rings (SSSR count). The molecule has 0 unspecified atom stereocenters. The fourth-order valence-electron chi connectivity index (χ4n) is 1.93. The lowest BCUT2D eigenvalue weighted by atomic mass is 10.1. The number of carbonyl (C=O) groups is 2. The lowest BCUT2D eigenvalue weighted by molar-refractivity contribution is -0.133. The van der Waals surface area contributed by atoms with Crippen LogP contribution in [-0.4, -0.2) is 51.1 Å². The van der Waals surface area contributed by atoms with Gasteiger partial charge >= 0.3 is 5.97 Å². The van der Waals surface area contributed by atoms with E-state index in [-0.39, 0.29) is 23.8 Å². The van der Waals surface area contributed by atoms with Crippen LogP contribution in [0.15, 0.2) is 49.6 Å². The summed E-state index contributed by atoms with van der Waals surface area (Å²) in [4.78, 5) is 25.3. The van der Waals surface area contributed by atoms with Gasteiger partial charge in [-0.05, 0) is 17.7 Å². The normalized spacial score (nSPS) is 10.7. The van der Waals surface area contributed by atoms with E-state index in [1.165, 1.54) is 17.0 Å². The lowest BCUT2D eigenvalue weighted by Crippen LogP contribution is -2.35. The van der Waals surface area contributed by atoms with E-state index in [0.29, 0.717) is 18.7 Å². The van der Waals surface area contributed by atoms with Crippen LogP contribution >= 0.6 is 0 Å². The Morgan fingerprint density at radius 1 is 1.12 bits per heavy atom. The van der Waals surface area contributed by atoms with Crippen molar-refractivity contribution in [2.24, 2.45) is 0 Å². The Labute approximate surface area is 142 Å². The Balaban J connectivity index is 2.63. The summed E-state index contributed by atoms with van der Waals surface area (Å²) in [5.41, 5.74) is 0.826. The van der Waals surface area contributed by atoms with Crippen LogP contribution in [0.5, 0.6) is 0 Å². The highest BCUT2D eigenvalue weighted by atomic mass is 32.2. The van der Waals surface area contributed by atoms with Crippen LogP contribution in [0.25, 0.3) is 0 Å². The van der Waals surface area contributed by atoms with Gasteiger partial charge in [0, 0.05) is 19.3 Å². The molecule has 24 heavy (non-hydrogen) atoms. The molecule has 7 heteroatoms. The zero-order valence-corrected chi connectivity index (χ0v) is 14.4. The molecule has 0 saturated carbocycles. The van der Waals surface area contributed by atoms with E-state index in [0.717, 1.165) is 6.26 Å². The molecular weight excluding hydrogens is 330 g/mol. The monoisotopic (exact) mass is 351 g/mol. The molecule has 0 bridgehead atoms. The van der Waals surface area contributed by atoms with Crippen molar-refractivity contribution < 1.29 is 22.7 Å². The number of amides is 1. The summed E-state index contributed by atoms with van der Waals surface area (Å²) in [6.07, 6.45) is 4.28. The standard InChI is InChI=1S/C17H21NO5S/c1-4-10-18(11-5-2)16(19)12-23-17(20)15-8-6-14(7-9-15)13-24(3,21)22/h4-9H,1-2,10-13H2,3H3. The lowest BCUT2D eigenvalue weighted by Gasteiger charge is -2.18. The second-order valence-corrected chi connectivity index (χ2v) is 7.36. The first kappa shape index (κ1) is 19.6. The zero-order valence-electron chi connectivity index (χ0n) is 13.6. The van der Waals surface area contributed by atoms with Gasteiger partial charge in [0.2, 0.25) is 0 Å². The van der Waals surface area contributed by atoms with Crippen LogP contribution in [0.2, 0.25) is 0 Å². The molecule has 130 valence electrons. The number of ether oxygens (including phenoxy) is 1. The van der Waals surface area contributed by atoms with Crippen molar-refractivity contribution in [1.29, 1.82) is 0 Å². The van der Waals surface area contributed by atoms with E-state index in [4.69, 9.17) is 4.74 Å². The summed E-state index contributed by atoms with van der Waals surface area (Å²) in [7, 11) is -3.13. The Kier molecular flexibility index (Phi) is 7.38. The maximum Gasteiger partial charge on any atom is 0.338 e. The number of esters is 1. The minimum absolute atomic E-state index is 0.0983. The first-order valence-corrected chi connectivity index (χ1v) is 9.26. The molecule has 1 amide bonds. The van der Waals surface area contributed by atoms with Crippen molar-refractivity contribution >= 4 is 21.7 Å². The molecule has 0 aliphatic heterocycles. The fraction of sp³-hybridized carbons (Fsp3) is 0.294. The quantitative estimate of drug-likeness (QED) is 0.498. The molecule has 6 nitrogen and oxygen atoms in total. The van der Waals surface area contributed by atoms with Crippen molar-refractivity contribution in [2.45, 2.75) is 5.75 Å². The number of benzene rings is 1. The maximum atomic E-state index is 12.0. The summed E-state index contributed by atoms with van der Waals surface area (Å²) in [5, 5.41) is 0. The molecule has 0 aliphatic carbocycles. The predicted molar refractivity (Wildman–Crippen MR) is 92.2 cm³/mol. The summed E-state index contributed by atoms with van der Waals surface area (Å²) in [6, 6.07) is 6.03. The molecule has 0 aromatic heterocycles. The molecule has 0 atom stereocenters. The highest BCUT2D eigenvalue weighted by Crippen LogP contribution is 2.09. The van der Waals surface area contributed by atoms with E-state index < -0.39 is 15.8 Å². The average molecular weight is 351 g/mol. The van der Waals surface area contributed by atoms with E-state index in [1.807, 2.05) is 0 Å². The molecule has 1 aromatic carbocycles. The van der Waals surface area contributed by atoms with Gasteiger partial charge in [-0.3, -0.25) is 4.79 Å². The first-order valence-electron chi connectivity index (χ1n) is 7.20. The van der Waals surface area contributed by atoms with Gasteiger partial charge in [-0.15, -0.1) is 13.2 Å². The number of hydrogen-bond acceptors (Lipinski definition) is 5. The molecule has 1 aromatic rings. The van der Waals surface area contributed by atoms with Gasteiger partial charge < -0.3 is 9.64 Å². The highest BCUT2D eigenvalue weighted by molar-refractivity contribution is 7.89. The maximum absolute atomic E-state index is 12.0. The molecule has 0 radical (unpaired) electrons. The van der Waals surface area contributed by atoms with Gasteiger partial charge in [0.15, 0.2) is 16.4 Å². The van der Waals surface area contributed by atoms with Crippen LogP contribution in [0.4, 0.5) is 0 Å². The van der Waals surface area contributed by atoms with Crippen LogP contribution in [-0.2, 0) is 25.1 Å². The molecule has 0 fully saturated rings. The smallest absolute Gasteiger partial charge is 0.338 e. The van der Waals surface area contributed by atoms with Crippen molar-refractivity contribution in [3.63, 3.8) is 0 Å². The minimum Gasteiger partial charge on any atom is -0.452 e. The van der Waals surface area contributed by atoms with Gasteiger partial charge in [0.1, 0.15) is 0 Å². The molecule has 0 aliphatic rings. The second kappa shape index (κ2) is 9.02. The third kappa shape index (κ3) is 6.78. The van der Waals surface area contributed by atoms with Gasteiger partial charge in [0.25, 0.3) is 5.91 Å². The summed E-state index contributed by atoms with van der Waals surface area (Å²) < 4.78 is 27.4. The van der Waals surface area contributed by atoms with Gasteiger partial charge in [0.05, 0.1) is 11.3 Å². The topological polar surface area (TPSA) is 80.8 Å². The Bertz CT molecular complexity index is 697. The van der Waals surface area contributed by atoms with Crippen LogP contribution in [0, 0.1) is 0 Å². The third-order valence-electron chi connectivity index (χ3n) is 3.00. The summed E-state index contributed by atoms with van der Waals surface area (Å²) >= 11 is 0. The van der Waals surface area contributed by atoms with Gasteiger partial charge in [-0.1, -0.05) is 24.3 Å². The van der Waals surface area contributed by atoms with Crippen molar-refractivity contribution in [3.8, 4) is 0 Å². The van der Waals surface area contributed by atoms with Crippen molar-refractivity contribution in [3.05, 3.63) is 60.7 Å². The highest BCUT2D eigenvalue weighted by Gasteiger charge is 2.15. The number of carbonyl (C=O) groups excluding carboxylic acids is 2. The SMILES string of the molecule is C=CCN(CC=C)C(=O)COC(=O)c1ccc(CS(C)(=O)=O)cc1. The molecule has 0 heterocycles. The van der Waals surface area contributed by atoms with E-state index in [9.17, 15) is 18.0 Å². The number of nitrogens with zero attached hydrogens (tertiary/aromatic N) is 1. The predicted octanol–water partition coefficient (Wildman–Crippen LogP) is 1.59. The van der Waals surface area contributed by atoms with Crippen molar-refractivity contribution in [1.82, 2.24) is 4.90 Å². The number of sulfone groups is 1. The summed E-state index contributed by atoms with van der Waals surface area (Å²) in [5.74, 6) is -1.10. The Morgan fingerprint density at radius 3 is 2.12 bits per heavy atom. The molecule has 0 spiro atoms. The molecule has 0 saturated heterocycles.